The average Bonchev–Trinajstić information content (AvgIpc) is 2.55. The SMILES string of the molecule is Cc1ccc(Sc2ncnc(Nc3ccc(C)cc3C)c2N)cc1. The topological polar surface area (TPSA) is 63.8 Å². The number of nitrogens with zero attached hydrogens (tertiary/aromatic N) is 2. The normalized spacial score (nSPS) is 10.6. The predicted octanol–water partition coefficient (Wildman–Crippen LogP) is 4.88. The Morgan fingerprint density at radius 1 is 0.917 bits per heavy atom. The van der Waals surface area contributed by atoms with Crippen molar-refractivity contribution in [2.45, 2.75) is 30.7 Å². The summed E-state index contributed by atoms with van der Waals surface area (Å²) in [7, 11) is 0. The molecule has 24 heavy (non-hydrogen) atoms. The van der Waals surface area contributed by atoms with Gasteiger partial charge in [0.1, 0.15) is 17.0 Å². The second-order valence-electron chi connectivity index (χ2n) is 5.80. The number of rotatable bonds is 4. The van der Waals surface area contributed by atoms with E-state index in [4.69, 9.17) is 5.73 Å². The summed E-state index contributed by atoms with van der Waals surface area (Å²) in [6.07, 6.45) is 1.54. The number of hydrogen-bond acceptors (Lipinski definition) is 5. The lowest BCUT2D eigenvalue weighted by molar-refractivity contribution is 1.06. The van der Waals surface area contributed by atoms with Crippen molar-refractivity contribution in [3.05, 3.63) is 65.5 Å². The molecule has 0 saturated heterocycles. The van der Waals surface area contributed by atoms with E-state index in [1.165, 1.54) is 22.9 Å². The van der Waals surface area contributed by atoms with Crippen LogP contribution in [-0.4, -0.2) is 9.97 Å². The van der Waals surface area contributed by atoms with E-state index in [-0.39, 0.29) is 0 Å². The van der Waals surface area contributed by atoms with E-state index < -0.39 is 0 Å². The molecule has 0 amide bonds. The first-order valence-electron chi connectivity index (χ1n) is 7.72. The maximum Gasteiger partial charge on any atom is 0.158 e. The van der Waals surface area contributed by atoms with Crippen LogP contribution in [0.4, 0.5) is 17.2 Å². The number of nitrogens with two attached hydrogens (primary N) is 1. The number of nitrogens with one attached hydrogen (secondary N) is 1. The molecule has 0 bridgehead atoms. The van der Waals surface area contributed by atoms with Crippen molar-refractivity contribution in [1.29, 1.82) is 0 Å². The summed E-state index contributed by atoms with van der Waals surface area (Å²) < 4.78 is 0. The predicted molar refractivity (Wildman–Crippen MR) is 101 cm³/mol. The number of anilines is 3. The molecule has 0 atom stereocenters. The van der Waals surface area contributed by atoms with Crippen molar-refractivity contribution in [2.24, 2.45) is 0 Å². The van der Waals surface area contributed by atoms with Crippen LogP contribution >= 0.6 is 11.8 Å². The van der Waals surface area contributed by atoms with E-state index in [0.717, 1.165) is 21.2 Å². The largest absolute Gasteiger partial charge is 0.394 e. The zero-order valence-corrected chi connectivity index (χ0v) is 14.8. The minimum Gasteiger partial charge on any atom is -0.394 e. The first-order valence-corrected chi connectivity index (χ1v) is 8.54. The lowest BCUT2D eigenvalue weighted by Gasteiger charge is -2.13. The maximum atomic E-state index is 6.28. The molecule has 0 aliphatic carbocycles. The van der Waals surface area contributed by atoms with E-state index in [9.17, 15) is 0 Å². The Labute approximate surface area is 146 Å². The van der Waals surface area contributed by atoms with Gasteiger partial charge in [-0.3, -0.25) is 0 Å². The zero-order valence-electron chi connectivity index (χ0n) is 14.0. The summed E-state index contributed by atoms with van der Waals surface area (Å²) >= 11 is 1.54. The van der Waals surface area contributed by atoms with Gasteiger partial charge in [0.2, 0.25) is 0 Å². The molecule has 1 heterocycles. The third-order valence-electron chi connectivity index (χ3n) is 3.72. The van der Waals surface area contributed by atoms with Gasteiger partial charge in [-0.05, 0) is 44.5 Å². The molecule has 0 aliphatic rings. The summed E-state index contributed by atoms with van der Waals surface area (Å²) in [5.41, 5.74) is 11.4. The molecule has 2 aromatic carbocycles. The van der Waals surface area contributed by atoms with E-state index >= 15 is 0 Å². The minimum atomic E-state index is 0.558. The highest BCUT2D eigenvalue weighted by Crippen LogP contribution is 2.34. The fraction of sp³-hybridized carbons (Fsp3) is 0.158. The number of hydrogen-bond donors (Lipinski definition) is 2. The maximum absolute atomic E-state index is 6.28. The number of nitrogen functional groups attached to an aromatic ring is 1. The lowest BCUT2D eigenvalue weighted by Crippen LogP contribution is -2.03. The van der Waals surface area contributed by atoms with Crippen LogP contribution in [-0.2, 0) is 0 Å². The average molecular weight is 336 g/mol. The highest BCUT2D eigenvalue weighted by Gasteiger charge is 2.11. The van der Waals surface area contributed by atoms with Crippen LogP contribution in [0.2, 0.25) is 0 Å². The van der Waals surface area contributed by atoms with Crippen LogP contribution in [0.25, 0.3) is 0 Å². The monoisotopic (exact) mass is 336 g/mol. The Kier molecular flexibility index (Phi) is 4.71. The van der Waals surface area contributed by atoms with E-state index in [1.54, 1.807) is 6.33 Å². The van der Waals surface area contributed by atoms with Gasteiger partial charge in [0.05, 0.1) is 0 Å². The smallest absolute Gasteiger partial charge is 0.158 e. The van der Waals surface area contributed by atoms with Crippen LogP contribution in [0.5, 0.6) is 0 Å². The molecular weight excluding hydrogens is 316 g/mol. The summed E-state index contributed by atoms with van der Waals surface area (Å²) in [6.45, 7) is 6.21. The van der Waals surface area contributed by atoms with E-state index in [0.29, 0.717) is 11.5 Å². The van der Waals surface area contributed by atoms with Gasteiger partial charge in [0.15, 0.2) is 5.82 Å². The second kappa shape index (κ2) is 6.93. The zero-order chi connectivity index (χ0) is 17.1. The Morgan fingerprint density at radius 3 is 2.33 bits per heavy atom. The van der Waals surface area contributed by atoms with Crippen LogP contribution in [0.3, 0.4) is 0 Å². The fourth-order valence-electron chi connectivity index (χ4n) is 2.36. The lowest BCUT2D eigenvalue weighted by atomic mass is 10.1. The van der Waals surface area contributed by atoms with Crippen LogP contribution in [0.15, 0.2) is 58.7 Å². The molecule has 122 valence electrons. The van der Waals surface area contributed by atoms with Crippen molar-refractivity contribution in [2.75, 3.05) is 11.1 Å². The van der Waals surface area contributed by atoms with E-state index in [1.807, 2.05) is 6.07 Å². The molecule has 5 heteroatoms. The molecule has 1 aromatic heterocycles. The Morgan fingerprint density at radius 2 is 1.62 bits per heavy atom. The summed E-state index contributed by atoms with van der Waals surface area (Å²) in [5.74, 6) is 0.631. The first-order chi connectivity index (χ1) is 11.5. The standard InChI is InChI=1S/C19H20N4S/c1-12-4-7-15(8-5-12)24-19-17(20)18(21-11-22-19)23-16-9-6-13(2)10-14(16)3/h4-11H,20H2,1-3H3,(H,21,22,23). The molecule has 0 spiro atoms. The Balaban J connectivity index is 1.86. The Bertz CT molecular complexity index is 860. The van der Waals surface area contributed by atoms with E-state index in [2.05, 4.69) is 72.5 Å². The van der Waals surface area contributed by atoms with Crippen molar-refractivity contribution < 1.29 is 0 Å². The third-order valence-corrected chi connectivity index (χ3v) is 4.74. The first kappa shape index (κ1) is 16.3. The molecule has 0 radical (unpaired) electrons. The van der Waals surface area contributed by atoms with Gasteiger partial charge in [-0.1, -0.05) is 47.2 Å². The minimum absolute atomic E-state index is 0.558. The van der Waals surface area contributed by atoms with Crippen LogP contribution in [0.1, 0.15) is 16.7 Å². The van der Waals surface area contributed by atoms with Gasteiger partial charge >= 0.3 is 0 Å². The van der Waals surface area contributed by atoms with Crippen molar-refractivity contribution in [1.82, 2.24) is 9.97 Å². The molecule has 0 unspecified atom stereocenters. The molecule has 0 saturated carbocycles. The molecule has 3 aromatic rings. The summed E-state index contributed by atoms with van der Waals surface area (Å²) in [5, 5.41) is 4.06. The molecule has 0 fully saturated rings. The quantitative estimate of drug-likeness (QED) is 0.665. The van der Waals surface area contributed by atoms with Crippen LogP contribution in [0, 0.1) is 20.8 Å². The van der Waals surface area contributed by atoms with Crippen LogP contribution < -0.4 is 11.1 Å². The summed E-state index contributed by atoms with van der Waals surface area (Å²) in [4.78, 5) is 9.72. The van der Waals surface area contributed by atoms with Gasteiger partial charge in [0.25, 0.3) is 0 Å². The van der Waals surface area contributed by atoms with Crippen molar-refractivity contribution in [3.8, 4) is 0 Å². The molecular formula is C19H20N4S. The molecule has 4 nitrogen and oxygen atoms in total. The number of aromatic nitrogens is 2. The van der Waals surface area contributed by atoms with Gasteiger partial charge in [-0.25, -0.2) is 9.97 Å². The van der Waals surface area contributed by atoms with Gasteiger partial charge in [-0.2, -0.15) is 0 Å². The highest BCUT2D eigenvalue weighted by molar-refractivity contribution is 7.99. The van der Waals surface area contributed by atoms with Gasteiger partial charge in [0, 0.05) is 10.6 Å². The molecule has 3 N–H and O–H groups in total. The van der Waals surface area contributed by atoms with Crippen molar-refractivity contribution in [3.63, 3.8) is 0 Å². The Hall–Kier alpha value is -2.53. The second-order valence-corrected chi connectivity index (χ2v) is 6.86. The molecule has 0 aliphatic heterocycles. The van der Waals surface area contributed by atoms with Crippen molar-refractivity contribution >= 4 is 29.0 Å². The summed E-state index contributed by atoms with van der Waals surface area (Å²) in [6, 6.07) is 14.5. The fourth-order valence-corrected chi connectivity index (χ4v) is 3.16. The van der Waals surface area contributed by atoms with Gasteiger partial charge in [-0.15, -0.1) is 0 Å². The third kappa shape index (κ3) is 3.68. The number of benzene rings is 2. The van der Waals surface area contributed by atoms with Gasteiger partial charge < -0.3 is 11.1 Å². The molecule has 3 rings (SSSR count). The number of aryl methyl sites for hydroxylation is 3. The highest BCUT2D eigenvalue weighted by atomic mass is 32.2.